The summed E-state index contributed by atoms with van der Waals surface area (Å²) in [6.07, 6.45) is 0. The summed E-state index contributed by atoms with van der Waals surface area (Å²) in [5.41, 5.74) is 1.12. The monoisotopic (exact) mass is 298 g/mol. The lowest BCUT2D eigenvalue weighted by atomic mass is 10.3. The molecule has 0 fully saturated rings. The Kier molecular flexibility index (Phi) is 7.25. The molecule has 0 bridgehead atoms. The fourth-order valence-corrected chi connectivity index (χ4v) is 2.39. The molecule has 0 aliphatic rings. The van der Waals surface area contributed by atoms with Gasteiger partial charge in [-0.1, -0.05) is 6.92 Å². The first-order valence-electron chi connectivity index (χ1n) is 6.69. The van der Waals surface area contributed by atoms with Crippen molar-refractivity contribution in [3.8, 4) is 0 Å². The Morgan fingerprint density at radius 2 is 2.05 bits per heavy atom. The molecule has 0 atom stereocenters. The van der Waals surface area contributed by atoms with Crippen LogP contribution >= 0.6 is 11.3 Å². The van der Waals surface area contributed by atoms with Crippen LogP contribution in [0.4, 0.5) is 0 Å². The zero-order chi connectivity index (χ0) is 15.0. The molecular formula is C14H22N2O3S. The van der Waals surface area contributed by atoms with Crippen LogP contribution in [-0.2, 0) is 20.9 Å². The number of amides is 1. The van der Waals surface area contributed by atoms with Crippen LogP contribution in [0.2, 0.25) is 0 Å². The number of hydrogen-bond acceptors (Lipinski definition) is 5. The molecule has 0 saturated carbocycles. The Bertz CT molecular complexity index is 420. The van der Waals surface area contributed by atoms with Gasteiger partial charge < -0.3 is 9.64 Å². The van der Waals surface area contributed by atoms with E-state index in [1.54, 1.807) is 35.1 Å². The summed E-state index contributed by atoms with van der Waals surface area (Å²) < 4.78 is 4.90. The Morgan fingerprint density at radius 1 is 1.30 bits per heavy atom. The van der Waals surface area contributed by atoms with Gasteiger partial charge in [-0.05, 0) is 35.9 Å². The summed E-state index contributed by atoms with van der Waals surface area (Å²) in [4.78, 5) is 27.0. The average molecular weight is 298 g/mol. The predicted octanol–water partition coefficient (Wildman–Crippen LogP) is 1.59. The van der Waals surface area contributed by atoms with Crippen LogP contribution in [0.15, 0.2) is 16.8 Å². The summed E-state index contributed by atoms with van der Waals surface area (Å²) in [6.45, 7) is 5.68. The minimum atomic E-state index is -0.289. The lowest BCUT2D eigenvalue weighted by Crippen LogP contribution is -2.40. The molecule has 1 heterocycles. The van der Waals surface area contributed by atoms with Gasteiger partial charge in [-0.15, -0.1) is 0 Å². The van der Waals surface area contributed by atoms with E-state index in [-0.39, 0.29) is 25.0 Å². The highest BCUT2D eigenvalue weighted by molar-refractivity contribution is 7.07. The fraction of sp³-hybridized carbons (Fsp3) is 0.571. The number of carbonyl (C=O) groups is 2. The molecule has 6 heteroatoms. The number of esters is 1. The van der Waals surface area contributed by atoms with E-state index in [9.17, 15) is 9.59 Å². The highest BCUT2D eigenvalue weighted by Gasteiger charge is 2.16. The van der Waals surface area contributed by atoms with E-state index in [0.29, 0.717) is 19.7 Å². The zero-order valence-electron chi connectivity index (χ0n) is 12.3. The Balaban J connectivity index is 2.43. The van der Waals surface area contributed by atoms with Crippen LogP contribution in [0, 0.1) is 0 Å². The summed E-state index contributed by atoms with van der Waals surface area (Å²) in [7, 11) is 1.78. The standard InChI is InChI=1S/C14H22N2O3S/c1-4-16(10-14(18)19-5-2)9-13(17)15(3)8-12-6-7-20-11-12/h6-7,11H,4-5,8-10H2,1-3H3. The van der Waals surface area contributed by atoms with E-state index in [4.69, 9.17) is 4.74 Å². The van der Waals surface area contributed by atoms with Crippen LogP contribution in [0.1, 0.15) is 19.4 Å². The Hall–Kier alpha value is -1.40. The molecular weight excluding hydrogens is 276 g/mol. The van der Waals surface area contributed by atoms with Crippen LogP contribution in [0.3, 0.4) is 0 Å². The second kappa shape index (κ2) is 8.71. The van der Waals surface area contributed by atoms with Crippen LogP contribution in [0.25, 0.3) is 0 Å². The number of ether oxygens (including phenoxy) is 1. The average Bonchev–Trinajstić information content (AvgIpc) is 2.90. The third-order valence-corrected chi connectivity index (χ3v) is 3.62. The van der Waals surface area contributed by atoms with Crippen molar-refractivity contribution >= 4 is 23.2 Å². The Labute approximate surface area is 124 Å². The quantitative estimate of drug-likeness (QED) is 0.684. The van der Waals surface area contributed by atoms with Gasteiger partial charge >= 0.3 is 5.97 Å². The van der Waals surface area contributed by atoms with E-state index in [1.165, 1.54) is 0 Å². The second-order valence-corrected chi connectivity index (χ2v) is 5.27. The van der Waals surface area contributed by atoms with Crippen molar-refractivity contribution in [3.63, 3.8) is 0 Å². The van der Waals surface area contributed by atoms with Gasteiger partial charge in [0.25, 0.3) is 0 Å². The summed E-state index contributed by atoms with van der Waals surface area (Å²) in [5.74, 6) is -0.287. The maximum atomic E-state index is 12.1. The highest BCUT2D eigenvalue weighted by atomic mass is 32.1. The summed E-state index contributed by atoms with van der Waals surface area (Å²) in [5, 5.41) is 4.02. The molecule has 1 amide bonds. The minimum absolute atomic E-state index is 0.00217. The van der Waals surface area contributed by atoms with Gasteiger partial charge in [0.15, 0.2) is 0 Å². The van der Waals surface area contributed by atoms with E-state index in [2.05, 4.69) is 0 Å². The lowest BCUT2D eigenvalue weighted by Gasteiger charge is -2.23. The number of rotatable bonds is 8. The van der Waals surface area contributed by atoms with E-state index in [0.717, 1.165) is 5.56 Å². The largest absolute Gasteiger partial charge is 0.465 e. The number of nitrogens with zero attached hydrogens (tertiary/aromatic N) is 2. The molecule has 0 aromatic carbocycles. The van der Waals surface area contributed by atoms with Crippen LogP contribution < -0.4 is 0 Å². The van der Waals surface area contributed by atoms with Gasteiger partial charge in [0.2, 0.25) is 5.91 Å². The normalized spacial score (nSPS) is 10.6. The molecule has 5 nitrogen and oxygen atoms in total. The van der Waals surface area contributed by atoms with Gasteiger partial charge in [-0.25, -0.2) is 0 Å². The molecule has 0 aliphatic heterocycles. The maximum Gasteiger partial charge on any atom is 0.320 e. The molecule has 1 rings (SSSR count). The molecule has 0 saturated heterocycles. The van der Waals surface area contributed by atoms with Gasteiger partial charge in [-0.2, -0.15) is 11.3 Å². The molecule has 0 aliphatic carbocycles. The van der Waals surface area contributed by atoms with Crippen LogP contribution in [-0.4, -0.2) is 55.0 Å². The lowest BCUT2D eigenvalue weighted by molar-refractivity contribution is -0.145. The first-order chi connectivity index (χ1) is 9.56. The molecule has 0 unspecified atom stereocenters. The second-order valence-electron chi connectivity index (χ2n) is 4.49. The van der Waals surface area contributed by atoms with Gasteiger partial charge in [-0.3, -0.25) is 14.5 Å². The molecule has 1 aromatic heterocycles. The van der Waals surface area contributed by atoms with Gasteiger partial charge in [0.1, 0.15) is 0 Å². The predicted molar refractivity (Wildman–Crippen MR) is 79.5 cm³/mol. The topological polar surface area (TPSA) is 49.9 Å². The first kappa shape index (κ1) is 16.7. The first-order valence-corrected chi connectivity index (χ1v) is 7.64. The molecule has 112 valence electrons. The van der Waals surface area contributed by atoms with Crippen molar-refractivity contribution in [2.75, 3.05) is 33.3 Å². The fourth-order valence-electron chi connectivity index (χ4n) is 1.73. The number of hydrogen-bond donors (Lipinski definition) is 0. The number of likely N-dealkylation sites (N-methyl/N-ethyl adjacent to an activating group) is 2. The van der Waals surface area contributed by atoms with Crippen molar-refractivity contribution in [1.82, 2.24) is 9.80 Å². The molecule has 0 N–H and O–H groups in total. The third kappa shape index (κ3) is 5.71. The highest BCUT2D eigenvalue weighted by Crippen LogP contribution is 2.08. The summed E-state index contributed by atoms with van der Waals surface area (Å²) >= 11 is 1.62. The van der Waals surface area contributed by atoms with Crippen molar-refractivity contribution in [2.24, 2.45) is 0 Å². The van der Waals surface area contributed by atoms with E-state index in [1.807, 2.05) is 23.8 Å². The van der Waals surface area contributed by atoms with Crippen molar-refractivity contribution < 1.29 is 14.3 Å². The smallest absolute Gasteiger partial charge is 0.320 e. The van der Waals surface area contributed by atoms with Gasteiger partial charge in [0, 0.05) is 13.6 Å². The SMILES string of the molecule is CCOC(=O)CN(CC)CC(=O)N(C)Cc1ccsc1. The third-order valence-electron chi connectivity index (χ3n) is 2.89. The van der Waals surface area contributed by atoms with Crippen molar-refractivity contribution in [1.29, 1.82) is 0 Å². The molecule has 0 spiro atoms. The van der Waals surface area contributed by atoms with E-state index >= 15 is 0 Å². The van der Waals surface area contributed by atoms with Gasteiger partial charge in [0.05, 0.1) is 19.7 Å². The minimum Gasteiger partial charge on any atom is -0.465 e. The number of thiophene rings is 1. The van der Waals surface area contributed by atoms with Crippen LogP contribution in [0.5, 0.6) is 0 Å². The van der Waals surface area contributed by atoms with Crippen molar-refractivity contribution in [2.45, 2.75) is 20.4 Å². The van der Waals surface area contributed by atoms with Crippen molar-refractivity contribution in [3.05, 3.63) is 22.4 Å². The zero-order valence-corrected chi connectivity index (χ0v) is 13.1. The molecule has 20 heavy (non-hydrogen) atoms. The molecule has 0 radical (unpaired) electrons. The Morgan fingerprint density at radius 3 is 2.60 bits per heavy atom. The number of carbonyl (C=O) groups excluding carboxylic acids is 2. The molecule has 1 aromatic rings. The maximum absolute atomic E-state index is 12.1. The van der Waals surface area contributed by atoms with E-state index < -0.39 is 0 Å². The summed E-state index contributed by atoms with van der Waals surface area (Å²) in [6, 6.07) is 2.00.